The van der Waals surface area contributed by atoms with Gasteiger partial charge in [0.2, 0.25) is 0 Å². The van der Waals surface area contributed by atoms with E-state index >= 15 is 0 Å². The van der Waals surface area contributed by atoms with Crippen LogP contribution in [0.4, 0.5) is 5.69 Å². The average molecular weight is 242 g/mol. The fraction of sp³-hybridized carbons (Fsp3) is 0.267. The molecule has 0 bridgehead atoms. The first-order valence-corrected chi connectivity index (χ1v) is 5.99. The predicted molar refractivity (Wildman–Crippen MR) is 73.9 cm³/mol. The Morgan fingerprint density at radius 3 is 2.39 bits per heavy atom. The van der Waals surface area contributed by atoms with E-state index in [4.69, 9.17) is 0 Å². The smallest absolute Gasteiger partial charge is 0.138 e. The molecule has 0 spiro atoms. The zero-order valence-electron chi connectivity index (χ0n) is 11.0. The first-order chi connectivity index (χ1) is 8.56. The lowest BCUT2D eigenvalue weighted by molar-refractivity contribution is 0.463. The molecule has 3 heteroatoms. The number of anilines is 1. The van der Waals surface area contributed by atoms with Gasteiger partial charge in [-0.2, -0.15) is 0 Å². The highest BCUT2D eigenvalue weighted by atomic mass is 16.3. The molecule has 0 saturated carbocycles. The Kier molecular flexibility index (Phi) is 3.51. The normalized spacial score (nSPS) is 10.4. The van der Waals surface area contributed by atoms with E-state index in [1.54, 1.807) is 6.07 Å². The summed E-state index contributed by atoms with van der Waals surface area (Å²) < 4.78 is 0. The SMILES string of the molecule is Cc1ccc(N(C)Cc2nc(C)ccc2O)cc1. The van der Waals surface area contributed by atoms with Crippen LogP contribution in [0, 0.1) is 13.8 Å². The van der Waals surface area contributed by atoms with Crippen molar-refractivity contribution in [2.75, 3.05) is 11.9 Å². The molecule has 0 fully saturated rings. The number of hydrogen-bond donors (Lipinski definition) is 1. The maximum Gasteiger partial charge on any atom is 0.138 e. The van der Waals surface area contributed by atoms with Crippen LogP contribution in [0.5, 0.6) is 5.75 Å². The third-order valence-corrected chi connectivity index (χ3v) is 2.95. The molecule has 0 amide bonds. The second-order valence-electron chi connectivity index (χ2n) is 4.61. The van der Waals surface area contributed by atoms with Crippen molar-refractivity contribution < 1.29 is 5.11 Å². The summed E-state index contributed by atoms with van der Waals surface area (Å²) in [5.74, 6) is 0.250. The number of pyridine rings is 1. The van der Waals surface area contributed by atoms with Crippen molar-refractivity contribution in [3.63, 3.8) is 0 Å². The summed E-state index contributed by atoms with van der Waals surface area (Å²) in [5.41, 5.74) is 3.98. The number of aromatic nitrogens is 1. The molecule has 1 heterocycles. The molecule has 0 aliphatic carbocycles. The fourth-order valence-electron chi connectivity index (χ4n) is 1.83. The molecule has 3 nitrogen and oxygen atoms in total. The van der Waals surface area contributed by atoms with Crippen LogP contribution in [-0.2, 0) is 6.54 Å². The minimum Gasteiger partial charge on any atom is -0.506 e. The van der Waals surface area contributed by atoms with Crippen molar-refractivity contribution in [2.45, 2.75) is 20.4 Å². The van der Waals surface area contributed by atoms with Gasteiger partial charge in [0.25, 0.3) is 0 Å². The number of nitrogens with zero attached hydrogens (tertiary/aromatic N) is 2. The number of aromatic hydroxyl groups is 1. The molecule has 0 radical (unpaired) electrons. The van der Waals surface area contributed by atoms with Gasteiger partial charge in [-0.25, -0.2) is 0 Å². The van der Waals surface area contributed by atoms with Crippen LogP contribution in [0.2, 0.25) is 0 Å². The zero-order chi connectivity index (χ0) is 13.1. The van der Waals surface area contributed by atoms with E-state index in [9.17, 15) is 5.11 Å². The van der Waals surface area contributed by atoms with Crippen molar-refractivity contribution in [2.24, 2.45) is 0 Å². The molecular formula is C15H18N2O. The number of aryl methyl sites for hydroxylation is 2. The average Bonchev–Trinajstić information content (AvgIpc) is 2.34. The zero-order valence-corrected chi connectivity index (χ0v) is 11.0. The third kappa shape index (κ3) is 2.80. The van der Waals surface area contributed by atoms with E-state index in [1.807, 2.05) is 20.0 Å². The van der Waals surface area contributed by atoms with Gasteiger partial charge in [0.1, 0.15) is 11.4 Å². The van der Waals surface area contributed by atoms with Crippen LogP contribution < -0.4 is 4.90 Å². The number of rotatable bonds is 3. The first-order valence-electron chi connectivity index (χ1n) is 5.99. The van der Waals surface area contributed by atoms with Crippen LogP contribution in [0.3, 0.4) is 0 Å². The number of benzene rings is 1. The van der Waals surface area contributed by atoms with Gasteiger partial charge in [0.15, 0.2) is 0 Å². The van der Waals surface area contributed by atoms with Crippen LogP contribution in [0.25, 0.3) is 0 Å². The first kappa shape index (κ1) is 12.4. The van der Waals surface area contributed by atoms with Crippen LogP contribution >= 0.6 is 0 Å². The molecule has 0 atom stereocenters. The van der Waals surface area contributed by atoms with Gasteiger partial charge < -0.3 is 10.0 Å². The van der Waals surface area contributed by atoms with Crippen LogP contribution in [-0.4, -0.2) is 17.1 Å². The van der Waals surface area contributed by atoms with Crippen LogP contribution in [0.15, 0.2) is 36.4 Å². The lowest BCUT2D eigenvalue weighted by Crippen LogP contribution is -2.17. The van der Waals surface area contributed by atoms with E-state index in [0.29, 0.717) is 12.2 Å². The molecule has 1 N–H and O–H groups in total. The molecule has 2 rings (SSSR count). The molecule has 18 heavy (non-hydrogen) atoms. The highest BCUT2D eigenvalue weighted by Gasteiger charge is 2.07. The maximum atomic E-state index is 9.79. The summed E-state index contributed by atoms with van der Waals surface area (Å²) in [7, 11) is 1.99. The van der Waals surface area contributed by atoms with E-state index in [1.165, 1.54) is 5.56 Å². The fourth-order valence-corrected chi connectivity index (χ4v) is 1.83. The summed E-state index contributed by atoms with van der Waals surface area (Å²) in [5, 5.41) is 9.79. The lowest BCUT2D eigenvalue weighted by Gasteiger charge is -2.19. The second kappa shape index (κ2) is 5.08. The van der Waals surface area contributed by atoms with E-state index in [0.717, 1.165) is 11.4 Å². The van der Waals surface area contributed by atoms with Gasteiger partial charge in [-0.3, -0.25) is 4.98 Å². The van der Waals surface area contributed by atoms with Gasteiger partial charge in [-0.15, -0.1) is 0 Å². The largest absolute Gasteiger partial charge is 0.506 e. The third-order valence-electron chi connectivity index (χ3n) is 2.95. The molecule has 0 saturated heterocycles. The highest BCUT2D eigenvalue weighted by Crippen LogP contribution is 2.20. The molecule has 0 unspecified atom stereocenters. The minimum atomic E-state index is 0.250. The van der Waals surface area contributed by atoms with Crippen molar-refractivity contribution in [3.05, 3.63) is 53.3 Å². The van der Waals surface area contributed by atoms with Gasteiger partial charge >= 0.3 is 0 Å². The van der Waals surface area contributed by atoms with E-state index < -0.39 is 0 Å². The summed E-state index contributed by atoms with van der Waals surface area (Å²) in [6.07, 6.45) is 0. The van der Waals surface area contributed by atoms with Crippen molar-refractivity contribution in [1.82, 2.24) is 4.98 Å². The Balaban J connectivity index is 2.18. The van der Waals surface area contributed by atoms with E-state index in [-0.39, 0.29) is 5.75 Å². The Morgan fingerprint density at radius 1 is 1.06 bits per heavy atom. The molecule has 2 aromatic rings. The Morgan fingerprint density at radius 2 is 1.72 bits per heavy atom. The maximum absolute atomic E-state index is 9.79. The Hall–Kier alpha value is -2.03. The summed E-state index contributed by atoms with van der Waals surface area (Å²) in [4.78, 5) is 6.43. The molecule has 0 aliphatic rings. The number of hydrogen-bond acceptors (Lipinski definition) is 3. The highest BCUT2D eigenvalue weighted by molar-refractivity contribution is 5.47. The summed E-state index contributed by atoms with van der Waals surface area (Å²) >= 11 is 0. The molecular weight excluding hydrogens is 224 g/mol. The molecule has 1 aromatic carbocycles. The summed E-state index contributed by atoms with van der Waals surface area (Å²) in [6.45, 7) is 4.59. The van der Waals surface area contributed by atoms with Gasteiger partial charge in [0, 0.05) is 18.4 Å². The standard InChI is InChI=1S/C15H18N2O/c1-11-4-7-13(8-5-11)17(3)10-14-15(18)9-6-12(2)16-14/h4-9,18H,10H2,1-3H3. The molecule has 1 aromatic heterocycles. The van der Waals surface area contributed by atoms with Crippen molar-refractivity contribution in [1.29, 1.82) is 0 Å². The van der Waals surface area contributed by atoms with Gasteiger partial charge in [0.05, 0.1) is 6.54 Å². The lowest BCUT2D eigenvalue weighted by atomic mass is 10.2. The Labute approximate surface area is 108 Å². The van der Waals surface area contributed by atoms with Gasteiger partial charge in [-0.1, -0.05) is 17.7 Å². The molecule has 94 valence electrons. The van der Waals surface area contributed by atoms with Gasteiger partial charge in [-0.05, 0) is 38.1 Å². The Bertz CT molecular complexity index is 535. The quantitative estimate of drug-likeness (QED) is 0.898. The predicted octanol–water partition coefficient (Wildman–Crippen LogP) is 3.04. The van der Waals surface area contributed by atoms with E-state index in [2.05, 4.69) is 41.1 Å². The second-order valence-corrected chi connectivity index (χ2v) is 4.61. The van der Waals surface area contributed by atoms with Crippen LogP contribution in [0.1, 0.15) is 17.0 Å². The van der Waals surface area contributed by atoms with Crippen molar-refractivity contribution in [3.8, 4) is 5.75 Å². The van der Waals surface area contributed by atoms with Crippen molar-refractivity contribution >= 4 is 5.69 Å². The minimum absolute atomic E-state index is 0.250. The molecule has 0 aliphatic heterocycles. The monoisotopic (exact) mass is 242 g/mol. The summed E-state index contributed by atoms with van der Waals surface area (Å²) in [6, 6.07) is 11.8. The topological polar surface area (TPSA) is 36.4 Å².